The number of hydrogen-bond acceptors (Lipinski definition) is 0. The largest absolute Gasteiger partial charge is 0.416 e. The molecule has 0 unspecified atom stereocenters. The van der Waals surface area contributed by atoms with Crippen molar-refractivity contribution in [2.45, 2.75) is 6.18 Å². The predicted octanol–water partition coefficient (Wildman–Crippen LogP) is 4.03. The lowest BCUT2D eigenvalue weighted by Gasteiger charge is -2.06. The van der Waals surface area contributed by atoms with Gasteiger partial charge in [0.15, 0.2) is 0 Å². The van der Waals surface area contributed by atoms with Crippen LogP contribution in [0.2, 0.25) is 0 Å². The van der Waals surface area contributed by atoms with Crippen LogP contribution in [-0.4, -0.2) is 0 Å². The maximum atomic E-state index is 12.1. The summed E-state index contributed by atoms with van der Waals surface area (Å²) in [5, 5.41) is 0. The van der Waals surface area contributed by atoms with Gasteiger partial charge in [-0.25, -0.2) is 0 Å². The summed E-state index contributed by atoms with van der Waals surface area (Å²) in [5.41, 5.74) is -0.694. The highest BCUT2D eigenvalue weighted by atomic mass is 79.9. The van der Waals surface area contributed by atoms with Gasteiger partial charge in [0, 0.05) is 15.0 Å². The first-order valence-electron chi connectivity index (χ1n) is 2.85. The van der Waals surface area contributed by atoms with Crippen molar-refractivity contribution < 1.29 is 13.2 Å². The number of benzene rings is 1. The monoisotopic (exact) mass is 301 g/mol. The van der Waals surface area contributed by atoms with Gasteiger partial charge in [-0.3, -0.25) is 0 Å². The summed E-state index contributed by atoms with van der Waals surface area (Å²) in [4.78, 5) is 0. The molecule has 0 fully saturated rings. The van der Waals surface area contributed by atoms with Gasteiger partial charge in [-0.2, -0.15) is 13.2 Å². The topological polar surface area (TPSA) is 0 Å². The van der Waals surface area contributed by atoms with Crippen LogP contribution >= 0.6 is 31.9 Å². The lowest BCUT2D eigenvalue weighted by molar-refractivity contribution is -0.137. The minimum absolute atomic E-state index is 0.282. The molecule has 0 atom stereocenters. The molecule has 1 rings (SSSR count). The summed E-state index contributed by atoms with van der Waals surface area (Å²) < 4.78 is 36.8. The molecule has 0 amide bonds. The average molecular weight is 303 g/mol. The van der Waals surface area contributed by atoms with Crippen molar-refractivity contribution in [3.8, 4) is 0 Å². The minimum Gasteiger partial charge on any atom is -0.166 e. The smallest absolute Gasteiger partial charge is 0.166 e. The lowest BCUT2D eigenvalue weighted by atomic mass is 10.2. The van der Waals surface area contributed by atoms with E-state index in [1.165, 1.54) is 0 Å². The normalized spacial score (nSPS) is 11.8. The zero-order valence-corrected chi connectivity index (χ0v) is 8.72. The third-order valence-electron chi connectivity index (χ3n) is 1.13. The summed E-state index contributed by atoms with van der Waals surface area (Å²) in [6.07, 6.45) is -4.31. The van der Waals surface area contributed by atoms with Crippen LogP contribution in [0.3, 0.4) is 0 Å². The van der Waals surface area contributed by atoms with Crippen LogP contribution in [0.5, 0.6) is 0 Å². The molecule has 1 radical (unpaired) electrons. The van der Waals surface area contributed by atoms with Gasteiger partial charge in [-0.1, -0.05) is 31.9 Å². The van der Waals surface area contributed by atoms with Crippen LogP contribution in [0.1, 0.15) is 5.56 Å². The van der Waals surface area contributed by atoms with Gasteiger partial charge in [-0.15, -0.1) is 0 Å². The highest BCUT2D eigenvalue weighted by molar-refractivity contribution is 9.11. The van der Waals surface area contributed by atoms with Gasteiger partial charge < -0.3 is 0 Å². The molecular weight excluding hydrogens is 301 g/mol. The lowest BCUT2D eigenvalue weighted by Crippen LogP contribution is -2.04. The molecule has 0 saturated heterocycles. The molecule has 1 aromatic carbocycles. The SMILES string of the molecule is FC(F)(F)c1cc(Br)[c]c(Br)c1. The van der Waals surface area contributed by atoms with Crippen molar-refractivity contribution in [3.05, 3.63) is 32.7 Å². The second kappa shape index (κ2) is 3.38. The quantitative estimate of drug-likeness (QED) is 0.679. The molecule has 0 nitrogen and oxygen atoms in total. The fourth-order valence-corrected chi connectivity index (χ4v) is 1.85. The number of halogens is 5. The Morgan fingerprint density at radius 2 is 1.50 bits per heavy atom. The van der Waals surface area contributed by atoms with E-state index in [4.69, 9.17) is 0 Å². The highest BCUT2D eigenvalue weighted by Crippen LogP contribution is 2.32. The fourth-order valence-electron chi connectivity index (χ4n) is 0.665. The first-order chi connectivity index (χ1) is 5.39. The molecule has 0 aromatic heterocycles. The second-order valence-electron chi connectivity index (χ2n) is 2.06. The van der Waals surface area contributed by atoms with E-state index in [2.05, 4.69) is 37.9 Å². The van der Waals surface area contributed by atoms with Gasteiger partial charge in [0.25, 0.3) is 0 Å². The Morgan fingerprint density at radius 3 is 1.83 bits per heavy atom. The molecule has 0 N–H and O–H groups in total. The zero-order valence-electron chi connectivity index (χ0n) is 5.54. The molecule has 0 saturated carbocycles. The third kappa shape index (κ3) is 2.48. The molecule has 12 heavy (non-hydrogen) atoms. The zero-order chi connectivity index (χ0) is 9.35. The fraction of sp³-hybridized carbons (Fsp3) is 0.143. The maximum absolute atomic E-state index is 12.1. The van der Waals surface area contributed by atoms with E-state index >= 15 is 0 Å². The Bertz CT molecular complexity index is 273. The molecule has 65 valence electrons. The van der Waals surface area contributed by atoms with Crippen LogP contribution in [0.4, 0.5) is 13.2 Å². The molecule has 1 aromatic rings. The summed E-state index contributed by atoms with van der Waals surface area (Å²) in [5.74, 6) is 0. The van der Waals surface area contributed by atoms with Crippen molar-refractivity contribution in [1.82, 2.24) is 0 Å². The van der Waals surface area contributed by atoms with E-state index < -0.39 is 11.7 Å². The van der Waals surface area contributed by atoms with Crippen LogP contribution in [0.25, 0.3) is 0 Å². The molecule has 0 aliphatic carbocycles. The van der Waals surface area contributed by atoms with Crippen molar-refractivity contribution in [2.24, 2.45) is 0 Å². The summed E-state index contributed by atoms with van der Waals surface area (Å²) >= 11 is 5.84. The van der Waals surface area contributed by atoms with E-state index in [0.717, 1.165) is 12.1 Å². The molecule has 0 bridgehead atoms. The highest BCUT2D eigenvalue weighted by Gasteiger charge is 2.30. The van der Waals surface area contributed by atoms with Gasteiger partial charge in [0.05, 0.1) is 5.56 Å². The van der Waals surface area contributed by atoms with Crippen molar-refractivity contribution in [2.75, 3.05) is 0 Å². The van der Waals surface area contributed by atoms with E-state index in [0.29, 0.717) is 0 Å². The van der Waals surface area contributed by atoms with E-state index in [1.54, 1.807) is 0 Å². The van der Waals surface area contributed by atoms with Crippen LogP contribution < -0.4 is 0 Å². The standard InChI is InChI=1S/C7H2Br2F3/c8-5-1-4(7(10,11)12)2-6(9)3-5/h1-2H. The number of hydrogen-bond donors (Lipinski definition) is 0. The van der Waals surface area contributed by atoms with Crippen molar-refractivity contribution in [3.63, 3.8) is 0 Å². The number of rotatable bonds is 0. The number of alkyl halides is 3. The van der Waals surface area contributed by atoms with Crippen LogP contribution in [-0.2, 0) is 6.18 Å². The maximum Gasteiger partial charge on any atom is 0.416 e. The summed E-state index contributed by atoms with van der Waals surface area (Å²) in [7, 11) is 0. The summed E-state index contributed by atoms with van der Waals surface area (Å²) in [6.45, 7) is 0. The average Bonchev–Trinajstić information content (AvgIpc) is 1.82. The minimum atomic E-state index is -4.31. The Balaban J connectivity index is 3.18. The van der Waals surface area contributed by atoms with Gasteiger partial charge in [0.2, 0.25) is 0 Å². The Labute approximate surface area is 84.0 Å². The molecule has 5 heteroatoms. The van der Waals surface area contributed by atoms with E-state index in [9.17, 15) is 13.2 Å². The first-order valence-corrected chi connectivity index (χ1v) is 4.44. The van der Waals surface area contributed by atoms with Crippen molar-refractivity contribution in [1.29, 1.82) is 0 Å². The molecule has 0 spiro atoms. The Morgan fingerprint density at radius 1 is 1.08 bits per heavy atom. The van der Waals surface area contributed by atoms with Crippen molar-refractivity contribution >= 4 is 31.9 Å². The van der Waals surface area contributed by atoms with Gasteiger partial charge in [-0.05, 0) is 12.1 Å². The van der Waals surface area contributed by atoms with E-state index in [1.807, 2.05) is 0 Å². The predicted molar refractivity (Wildman–Crippen MR) is 45.7 cm³/mol. The van der Waals surface area contributed by atoms with Crippen LogP contribution in [0.15, 0.2) is 21.1 Å². The Hall–Kier alpha value is -0.0300. The first kappa shape index (κ1) is 10.1. The molecular formula is C7H2Br2F3. The third-order valence-corrected chi connectivity index (χ3v) is 1.98. The van der Waals surface area contributed by atoms with Crippen LogP contribution in [0, 0.1) is 6.07 Å². The van der Waals surface area contributed by atoms with E-state index in [-0.39, 0.29) is 8.95 Å². The van der Waals surface area contributed by atoms with Gasteiger partial charge in [0.1, 0.15) is 0 Å². The van der Waals surface area contributed by atoms with Gasteiger partial charge >= 0.3 is 6.18 Å². The Kier molecular flexibility index (Phi) is 2.83. The molecule has 0 aliphatic heterocycles. The summed E-state index contributed by atoms with van der Waals surface area (Å²) in [6, 6.07) is 4.57. The molecule has 0 aliphatic rings. The second-order valence-corrected chi connectivity index (χ2v) is 3.77. The molecule has 0 heterocycles.